The number of rotatable bonds is 7. The Labute approximate surface area is 76.9 Å². The van der Waals surface area contributed by atoms with E-state index in [2.05, 4.69) is 26.3 Å². The van der Waals surface area contributed by atoms with E-state index in [0.29, 0.717) is 0 Å². The van der Waals surface area contributed by atoms with Gasteiger partial charge in [-0.1, -0.05) is 22.8 Å². The van der Waals surface area contributed by atoms with Crippen molar-refractivity contribution in [2.24, 2.45) is 0 Å². The van der Waals surface area contributed by atoms with Crippen LogP contribution in [0.15, 0.2) is 49.1 Å². The number of hydrogen-bond donors (Lipinski definition) is 0. The van der Waals surface area contributed by atoms with E-state index >= 15 is 0 Å². The summed E-state index contributed by atoms with van der Waals surface area (Å²) >= 11 is 0. The second-order valence-corrected chi connectivity index (χ2v) is 6.19. The van der Waals surface area contributed by atoms with Crippen LogP contribution >= 0.6 is 0 Å². The Morgan fingerprint density at radius 3 is 1.08 bits per heavy atom. The van der Waals surface area contributed by atoms with Gasteiger partial charge >= 0.3 is 0 Å². The molecule has 0 rings (SSSR count). The quantitative estimate of drug-likeness (QED) is 0.349. The molecule has 0 bridgehead atoms. The third-order valence-corrected chi connectivity index (χ3v) is 3.95. The molecule has 0 aromatic carbocycles. The van der Waals surface area contributed by atoms with Gasteiger partial charge < -0.3 is 0 Å². The molecule has 0 saturated carbocycles. The van der Waals surface area contributed by atoms with Crippen molar-refractivity contribution in [1.29, 1.82) is 0 Å². The van der Waals surface area contributed by atoms with E-state index < -0.39 is 18.1 Å². The lowest BCUT2D eigenvalue weighted by Gasteiger charge is -2.10. The van der Waals surface area contributed by atoms with Gasteiger partial charge in [-0.15, -0.1) is 26.3 Å². The van der Waals surface area contributed by atoms with Crippen molar-refractivity contribution >= 4 is 18.1 Å². The van der Waals surface area contributed by atoms with Gasteiger partial charge in [0.25, 0.3) is 18.1 Å². The first-order valence-corrected chi connectivity index (χ1v) is 7.21. The molecule has 4 heteroatoms. The molecular formula is C8H14O2Si2. The van der Waals surface area contributed by atoms with Crippen LogP contribution in [0.3, 0.4) is 0 Å². The van der Waals surface area contributed by atoms with Crippen LogP contribution in [0.1, 0.15) is 0 Å². The zero-order valence-electron chi connectivity index (χ0n) is 7.11. The first-order valence-electron chi connectivity index (χ1n) is 3.60. The van der Waals surface area contributed by atoms with E-state index in [1.54, 1.807) is 22.8 Å². The van der Waals surface area contributed by atoms with Crippen LogP contribution in [-0.2, 0) is 9.15 Å². The molecule has 12 heavy (non-hydrogen) atoms. The fourth-order valence-electron chi connectivity index (χ4n) is 0.478. The largest absolute Gasteiger partial charge is 0.291 e. The van der Waals surface area contributed by atoms with Crippen LogP contribution in [-0.4, -0.2) is 18.1 Å². The maximum absolute atomic E-state index is 5.11. The van der Waals surface area contributed by atoms with Crippen LogP contribution in [0, 0.1) is 0 Å². The van der Waals surface area contributed by atoms with Crippen LogP contribution < -0.4 is 0 Å². The van der Waals surface area contributed by atoms with Crippen molar-refractivity contribution in [3.63, 3.8) is 0 Å². The van der Waals surface area contributed by atoms with Crippen LogP contribution in [0.25, 0.3) is 0 Å². The van der Waals surface area contributed by atoms with Crippen LogP contribution in [0.2, 0.25) is 0 Å². The summed E-state index contributed by atoms with van der Waals surface area (Å²) < 4.78 is 10.2. The molecule has 0 N–H and O–H groups in total. The van der Waals surface area contributed by atoms with E-state index in [9.17, 15) is 0 Å². The normalized spacial score (nSPS) is 9.83. The maximum Gasteiger partial charge on any atom is 0.268 e. The molecule has 0 aliphatic rings. The Balaban J connectivity index is 3.77. The van der Waals surface area contributed by atoms with Gasteiger partial charge in [-0.05, 0) is 0 Å². The molecule has 2 nitrogen and oxygen atoms in total. The summed E-state index contributed by atoms with van der Waals surface area (Å²) in [6, 6.07) is 0. The fraction of sp³-hybridized carbons (Fsp3) is 0. The van der Waals surface area contributed by atoms with Gasteiger partial charge in [-0.25, -0.2) is 0 Å². The Hall–Kier alpha value is -0.686. The highest BCUT2D eigenvalue weighted by Crippen LogP contribution is 1.95. The zero-order valence-corrected chi connectivity index (χ0v) is 9.42. The van der Waals surface area contributed by atoms with E-state index in [0.717, 1.165) is 0 Å². The molecule has 0 saturated heterocycles. The number of hydrogen-bond acceptors (Lipinski definition) is 2. The lowest BCUT2D eigenvalue weighted by molar-refractivity contribution is -0.104. The van der Waals surface area contributed by atoms with Crippen LogP contribution in [0.5, 0.6) is 0 Å². The minimum atomic E-state index is -1.53. The van der Waals surface area contributed by atoms with Crippen molar-refractivity contribution in [3.8, 4) is 0 Å². The SMILES string of the molecule is C=C[SiH](C=C)OO[SiH](C=C)C=C. The van der Waals surface area contributed by atoms with Gasteiger partial charge in [0.15, 0.2) is 0 Å². The minimum absolute atomic E-state index is 1.53. The summed E-state index contributed by atoms with van der Waals surface area (Å²) in [5.74, 6) is 0. The molecule has 0 aromatic rings. The van der Waals surface area contributed by atoms with E-state index in [4.69, 9.17) is 9.15 Å². The highest BCUT2D eigenvalue weighted by molar-refractivity contribution is 6.65. The lowest BCUT2D eigenvalue weighted by Crippen LogP contribution is -2.20. The minimum Gasteiger partial charge on any atom is -0.291 e. The van der Waals surface area contributed by atoms with Gasteiger partial charge in [-0.3, -0.25) is 9.15 Å². The Kier molecular flexibility index (Phi) is 6.59. The predicted molar refractivity (Wildman–Crippen MR) is 57.3 cm³/mol. The summed E-state index contributed by atoms with van der Waals surface area (Å²) in [6.45, 7) is 14.4. The van der Waals surface area contributed by atoms with Gasteiger partial charge in [0.05, 0.1) is 0 Å². The molecule has 0 aromatic heterocycles. The van der Waals surface area contributed by atoms with Crippen molar-refractivity contribution in [2.75, 3.05) is 0 Å². The molecule has 0 radical (unpaired) electrons. The molecule has 66 valence electrons. The molecule has 0 atom stereocenters. The second kappa shape index (κ2) is 6.99. The smallest absolute Gasteiger partial charge is 0.268 e. The molecule has 0 aliphatic heterocycles. The van der Waals surface area contributed by atoms with Gasteiger partial charge in [0.1, 0.15) is 0 Å². The fourth-order valence-corrected chi connectivity index (χ4v) is 2.20. The first-order chi connectivity index (χ1) is 5.78. The summed E-state index contributed by atoms with van der Waals surface area (Å²) in [4.78, 5) is 0. The summed E-state index contributed by atoms with van der Waals surface area (Å²) in [5.41, 5.74) is 6.96. The van der Waals surface area contributed by atoms with E-state index in [1.165, 1.54) is 0 Å². The molecule has 0 fully saturated rings. The van der Waals surface area contributed by atoms with Gasteiger partial charge in [0, 0.05) is 0 Å². The maximum atomic E-state index is 5.11. The van der Waals surface area contributed by atoms with E-state index in [1.807, 2.05) is 0 Å². The predicted octanol–water partition coefficient (Wildman–Crippen LogP) is 1.28. The monoisotopic (exact) mass is 198 g/mol. The van der Waals surface area contributed by atoms with Crippen LogP contribution in [0.4, 0.5) is 0 Å². The highest BCUT2D eigenvalue weighted by Gasteiger charge is 2.07. The Morgan fingerprint density at radius 2 is 0.917 bits per heavy atom. The lowest BCUT2D eigenvalue weighted by atomic mass is 11.2. The average Bonchev–Trinajstić information content (AvgIpc) is 2.13. The molecular weight excluding hydrogens is 184 g/mol. The second-order valence-electron chi connectivity index (χ2n) is 2.06. The van der Waals surface area contributed by atoms with Gasteiger partial charge in [0.2, 0.25) is 0 Å². The van der Waals surface area contributed by atoms with Crippen molar-refractivity contribution in [3.05, 3.63) is 49.1 Å². The average molecular weight is 198 g/mol. The summed E-state index contributed by atoms with van der Waals surface area (Å²) in [7, 11) is -3.06. The molecule has 0 spiro atoms. The van der Waals surface area contributed by atoms with E-state index in [-0.39, 0.29) is 0 Å². The highest BCUT2D eigenvalue weighted by atomic mass is 28.3. The van der Waals surface area contributed by atoms with Gasteiger partial charge in [-0.2, -0.15) is 0 Å². The third kappa shape index (κ3) is 4.25. The third-order valence-electron chi connectivity index (χ3n) is 1.21. The van der Waals surface area contributed by atoms with Crippen molar-refractivity contribution in [1.82, 2.24) is 0 Å². The standard InChI is InChI=1S/C8H14O2Si2/c1-5-11(6-2)9-10-12(7-3)8-4/h5-8,11-12H,1-4H2. The molecule has 0 amide bonds. The Bertz CT molecular complexity index is 144. The first kappa shape index (κ1) is 11.3. The molecule has 0 aliphatic carbocycles. The van der Waals surface area contributed by atoms with Crippen molar-refractivity contribution < 1.29 is 9.15 Å². The summed E-state index contributed by atoms with van der Waals surface area (Å²) in [6.07, 6.45) is 0. The Morgan fingerprint density at radius 1 is 0.667 bits per heavy atom. The summed E-state index contributed by atoms with van der Waals surface area (Å²) in [5, 5.41) is 0. The van der Waals surface area contributed by atoms with Crippen molar-refractivity contribution in [2.45, 2.75) is 0 Å². The molecule has 0 heterocycles. The zero-order chi connectivity index (χ0) is 9.40. The topological polar surface area (TPSA) is 18.5 Å². The molecule has 0 unspecified atom stereocenters.